The molecule has 2 heterocycles. The third kappa shape index (κ3) is 4.14. The van der Waals surface area contributed by atoms with Crippen LogP contribution in [0.2, 0.25) is 0 Å². The Hall–Kier alpha value is -3.34. The van der Waals surface area contributed by atoms with Crippen molar-refractivity contribution in [2.45, 2.75) is 13.5 Å². The summed E-state index contributed by atoms with van der Waals surface area (Å²) in [5.74, 6) is -0.263. The zero-order valence-corrected chi connectivity index (χ0v) is 13.8. The molecule has 3 rings (SSSR count). The summed E-state index contributed by atoms with van der Waals surface area (Å²) in [5.41, 5.74) is 3.31. The Labute approximate surface area is 145 Å². The highest BCUT2D eigenvalue weighted by molar-refractivity contribution is 5.95. The number of pyridine rings is 2. The van der Waals surface area contributed by atoms with E-state index in [1.807, 2.05) is 30.3 Å². The summed E-state index contributed by atoms with van der Waals surface area (Å²) < 4.78 is 0. The average Bonchev–Trinajstić information content (AvgIpc) is 2.67. The lowest BCUT2D eigenvalue weighted by molar-refractivity contribution is 0.0945. The van der Waals surface area contributed by atoms with E-state index in [0.29, 0.717) is 23.5 Å². The number of ketones is 1. The molecule has 0 aliphatic rings. The molecule has 0 atom stereocenters. The predicted molar refractivity (Wildman–Crippen MR) is 95.1 cm³/mol. The Balaban J connectivity index is 1.78. The van der Waals surface area contributed by atoms with Crippen molar-refractivity contribution in [3.8, 4) is 11.3 Å². The van der Waals surface area contributed by atoms with E-state index in [9.17, 15) is 9.59 Å². The van der Waals surface area contributed by atoms with Crippen LogP contribution in [0.5, 0.6) is 0 Å². The molecular formula is C20H17N3O2. The van der Waals surface area contributed by atoms with Crippen LogP contribution >= 0.6 is 0 Å². The molecule has 1 amide bonds. The number of rotatable bonds is 5. The Morgan fingerprint density at radius 2 is 1.88 bits per heavy atom. The Bertz CT molecular complexity index is 908. The largest absolute Gasteiger partial charge is 0.347 e. The number of hydrogen-bond acceptors (Lipinski definition) is 4. The molecule has 3 aromatic rings. The average molecular weight is 331 g/mol. The van der Waals surface area contributed by atoms with Crippen LogP contribution in [-0.4, -0.2) is 21.7 Å². The van der Waals surface area contributed by atoms with Crippen molar-refractivity contribution in [1.82, 2.24) is 15.3 Å². The molecule has 25 heavy (non-hydrogen) atoms. The number of amides is 1. The number of nitrogens with zero attached hydrogens (tertiary/aromatic N) is 2. The van der Waals surface area contributed by atoms with Gasteiger partial charge in [0.25, 0.3) is 5.91 Å². The van der Waals surface area contributed by atoms with Gasteiger partial charge < -0.3 is 5.32 Å². The summed E-state index contributed by atoms with van der Waals surface area (Å²) in [6.07, 6.45) is 3.39. The molecule has 0 fully saturated rings. The minimum Gasteiger partial charge on any atom is -0.347 e. The Morgan fingerprint density at radius 3 is 2.64 bits per heavy atom. The van der Waals surface area contributed by atoms with Gasteiger partial charge in [-0.05, 0) is 36.8 Å². The maximum atomic E-state index is 12.3. The first-order valence-corrected chi connectivity index (χ1v) is 7.89. The zero-order chi connectivity index (χ0) is 17.6. The summed E-state index contributed by atoms with van der Waals surface area (Å²) >= 11 is 0. The topological polar surface area (TPSA) is 72.0 Å². The lowest BCUT2D eigenvalue weighted by Gasteiger charge is -2.07. The molecule has 0 spiro atoms. The van der Waals surface area contributed by atoms with Gasteiger partial charge in [0.1, 0.15) is 5.69 Å². The fraction of sp³-hybridized carbons (Fsp3) is 0.100. The molecule has 1 N–H and O–H groups in total. The van der Waals surface area contributed by atoms with Gasteiger partial charge in [-0.1, -0.05) is 30.3 Å². The SMILES string of the molecule is CC(=O)c1cccc(-c2cccc(C(=O)NCc3cccnc3)n2)c1. The first-order chi connectivity index (χ1) is 12.1. The van der Waals surface area contributed by atoms with Crippen LogP contribution < -0.4 is 5.32 Å². The quantitative estimate of drug-likeness (QED) is 0.728. The maximum Gasteiger partial charge on any atom is 0.270 e. The molecule has 0 saturated carbocycles. The molecule has 0 unspecified atom stereocenters. The zero-order valence-electron chi connectivity index (χ0n) is 13.8. The molecule has 0 radical (unpaired) electrons. The van der Waals surface area contributed by atoms with Crippen molar-refractivity contribution < 1.29 is 9.59 Å². The van der Waals surface area contributed by atoms with E-state index < -0.39 is 0 Å². The number of benzene rings is 1. The van der Waals surface area contributed by atoms with Gasteiger partial charge >= 0.3 is 0 Å². The van der Waals surface area contributed by atoms with E-state index in [0.717, 1.165) is 11.1 Å². The van der Waals surface area contributed by atoms with E-state index in [2.05, 4.69) is 15.3 Å². The molecule has 0 aliphatic heterocycles. The molecule has 0 aliphatic carbocycles. The smallest absolute Gasteiger partial charge is 0.270 e. The van der Waals surface area contributed by atoms with Gasteiger partial charge in [0, 0.05) is 30.1 Å². The highest BCUT2D eigenvalue weighted by Gasteiger charge is 2.10. The van der Waals surface area contributed by atoms with E-state index >= 15 is 0 Å². The Morgan fingerprint density at radius 1 is 1.04 bits per heavy atom. The van der Waals surface area contributed by atoms with Crippen LogP contribution in [0.4, 0.5) is 0 Å². The van der Waals surface area contributed by atoms with Gasteiger partial charge in [0.2, 0.25) is 0 Å². The fourth-order valence-electron chi connectivity index (χ4n) is 2.40. The van der Waals surface area contributed by atoms with Crippen molar-refractivity contribution in [1.29, 1.82) is 0 Å². The number of carbonyl (C=O) groups excluding carboxylic acids is 2. The lowest BCUT2D eigenvalue weighted by atomic mass is 10.1. The van der Waals surface area contributed by atoms with Crippen molar-refractivity contribution >= 4 is 11.7 Å². The summed E-state index contributed by atoms with van der Waals surface area (Å²) in [4.78, 5) is 32.3. The number of Topliss-reactive ketones (excluding diaryl/α,β-unsaturated/α-hetero) is 1. The van der Waals surface area contributed by atoms with Gasteiger partial charge in [0.15, 0.2) is 5.78 Å². The van der Waals surface area contributed by atoms with Gasteiger partial charge in [-0.25, -0.2) is 4.98 Å². The third-order valence-electron chi connectivity index (χ3n) is 3.72. The van der Waals surface area contributed by atoms with Crippen molar-refractivity contribution in [2.24, 2.45) is 0 Å². The number of nitrogens with one attached hydrogen (secondary N) is 1. The van der Waals surface area contributed by atoms with Crippen LogP contribution in [0.1, 0.15) is 33.3 Å². The first kappa shape index (κ1) is 16.5. The molecule has 5 heteroatoms. The molecule has 124 valence electrons. The molecule has 0 bridgehead atoms. The predicted octanol–water partition coefficient (Wildman–Crippen LogP) is 3.28. The number of hydrogen-bond donors (Lipinski definition) is 1. The minimum atomic E-state index is -0.256. The van der Waals surface area contributed by atoms with Gasteiger partial charge in [-0.2, -0.15) is 0 Å². The van der Waals surface area contributed by atoms with E-state index in [-0.39, 0.29) is 11.7 Å². The third-order valence-corrected chi connectivity index (χ3v) is 3.72. The van der Waals surface area contributed by atoms with Gasteiger partial charge in [-0.3, -0.25) is 14.6 Å². The highest BCUT2D eigenvalue weighted by Crippen LogP contribution is 2.19. The molecule has 0 saturated heterocycles. The summed E-state index contributed by atoms with van der Waals surface area (Å²) in [5, 5.41) is 2.83. The van der Waals surface area contributed by atoms with Crippen LogP contribution in [0.25, 0.3) is 11.3 Å². The van der Waals surface area contributed by atoms with Crippen molar-refractivity contribution in [3.05, 3.63) is 83.8 Å². The molecule has 2 aromatic heterocycles. The summed E-state index contributed by atoms with van der Waals surface area (Å²) in [7, 11) is 0. The second-order valence-electron chi connectivity index (χ2n) is 5.59. The van der Waals surface area contributed by atoms with Gasteiger partial charge in [-0.15, -0.1) is 0 Å². The van der Waals surface area contributed by atoms with E-state index in [4.69, 9.17) is 0 Å². The normalized spacial score (nSPS) is 10.3. The second kappa shape index (κ2) is 7.49. The van der Waals surface area contributed by atoms with Crippen LogP contribution in [0.3, 0.4) is 0 Å². The van der Waals surface area contributed by atoms with E-state index in [1.165, 1.54) is 6.92 Å². The Kier molecular flexibility index (Phi) is 4.95. The van der Waals surface area contributed by atoms with Crippen LogP contribution in [0, 0.1) is 0 Å². The van der Waals surface area contributed by atoms with Crippen LogP contribution in [0.15, 0.2) is 67.0 Å². The standard InChI is InChI=1S/C20H17N3O2/c1-14(24)16-6-2-7-17(11-16)18-8-3-9-19(23-18)20(25)22-13-15-5-4-10-21-12-15/h2-12H,13H2,1H3,(H,22,25). The molecule has 5 nitrogen and oxygen atoms in total. The first-order valence-electron chi connectivity index (χ1n) is 7.89. The van der Waals surface area contributed by atoms with Crippen LogP contribution in [-0.2, 0) is 6.54 Å². The monoisotopic (exact) mass is 331 g/mol. The van der Waals surface area contributed by atoms with Gasteiger partial charge in [0.05, 0.1) is 5.69 Å². The second-order valence-corrected chi connectivity index (χ2v) is 5.59. The van der Waals surface area contributed by atoms with E-state index in [1.54, 1.807) is 36.7 Å². The highest BCUT2D eigenvalue weighted by atomic mass is 16.1. The van der Waals surface area contributed by atoms with Crippen molar-refractivity contribution in [2.75, 3.05) is 0 Å². The summed E-state index contributed by atoms with van der Waals surface area (Å²) in [6.45, 7) is 1.91. The molecule has 1 aromatic carbocycles. The minimum absolute atomic E-state index is 0.00721. The lowest BCUT2D eigenvalue weighted by Crippen LogP contribution is -2.23. The van der Waals surface area contributed by atoms with Crippen molar-refractivity contribution in [3.63, 3.8) is 0 Å². The number of carbonyl (C=O) groups is 2. The maximum absolute atomic E-state index is 12.3. The molecular weight excluding hydrogens is 314 g/mol. The summed E-state index contributed by atoms with van der Waals surface area (Å²) in [6, 6.07) is 16.2. The fourth-order valence-corrected chi connectivity index (χ4v) is 2.40. The number of aromatic nitrogens is 2.